The minimum atomic E-state index is -0.138. The van der Waals surface area contributed by atoms with E-state index in [1.807, 2.05) is 54.7 Å². The summed E-state index contributed by atoms with van der Waals surface area (Å²) in [5.74, 6) is 1.74. The fourth-order valence-corrected chi connectivity index (χ4v) is 3.80. The second-order valence-electron chi connectivity index (χ2n) is 7.35. The molecule has 1 saturated carbocycles. The zero-order valence-corrected chi connectivity index (χ0v) is 16.2. The lowest BCUT2D eigenvalue weighted by molar-refractivity contribution is -0.120. The second kappa shape index (κ2) is 8.38. The number of anilines is 1. The van der Waals surface area contributed by atoms with E-state index < -0.39 is 0 Å². The van der Waals surface area contributed by atoms with Crippen LogP contribution in [0.2, 0.25) is 0 Å². The summed E-state index contributed by atoms with van der Waals surface area (Å²) < 4.78 is 11.2. The van der Waals surface area contributed by atoms with Crippen LogP contribution < -0.4 is 19.7 Å². The summed E-state index contributed by atoms with van der Waals surface area (Å²) in [5.41, 5.74) is 2.08. The van der Waals surface area contributed by atoms with E-state index in [2.05, 4.69) is 10.2 Å². The molecule has 146 valence electrons. The summed E-state index contributed by atoms with van der Waals surface area (Å²) in [4.78, 5) is 14.9. The monoisotopic (exact) mass is 378 g/mol. The SMILES string of the molecule is COc1ccc(CN2C=C(C(=O)NC3CCCCC3)Oc3ccccc32)cc1. The molecule has 5 nitrogen and oxygen atoms in total. The maximum absolute atomic E-state index is 12.8. The number of carbonyl (C=O) groups is 1. The highest BCUT2D eigenvalue weighted by Gasteiger charge is 2.25. The average molecular weight is 378 g/mol. The number of para-hydroxylation sites is 2. The van der Waals surface area contributed by atoms with Crippen LogP contribution in [-0.4, -0.2) is 19.1 Å². The number of carbonyl (C=O) groups excluding carboxylic acids is 1. The highest BCUT2D eigenvalue weighted by Crippen LogP contribution is 2.35. The number of ether oxygens (including phenoxy) is 2. The van der Waals surface area contributed by atoms with Crippen molar-refractivity contribution in [1.82, 2.24) is 5.32 Å². The predicted molar refractivity (Wildman–Crippen MR) is 109 cm³/mol. The van der Waals surface area contributed by atoms with Gasteiger partial charge in [-0.25, -0.2) is 0 Å². The molecule has 1 aliphatic heterocycles. The van der Waals surface area contributed by atoms with E-state index in [-0.39, 0.29) is 11.9 Å². The van der Waals surface area contributed by atoms with Crippen LogP contribution in [0, 0.1) is 0 Å². The summed E-state index contributed by atoms with van der Waals surface area (Å²) in [6.45, 7) is 0.643. The minimum Gasteiger partial charge on any atom is -0.497 e. The number of amides is 1. The lowest BCUT2D eigenvalue weighted by Crippen LogP contribution is -2.39. The number of nitrogens with zero attached hydrogens (tertiary/aromatic N) is 1. The molecule has 1 fully saturated rings. The van der Waals surface area contributed by atoms with Crippen LogP contribution in [0.5, 0.6) is 11.5 Å². The largest absolute Gasteiger partial charge is 0.497 e. The molecule has 0 aromatic heterocycles. The fourth-order valence-electron chi connectivity index (χ4n) is 3.80. The van der Waals surface area contributed by atoms with Crippen molar-refractivity contribution in [2.45, 2.75) is 44.7 Å². The van der Waals surface area contributed by atoms with Gasteiger partial charge in [-0.15, -0.1) is 0 Å². The van der Waals surface area contributed by atoms with E-state index in [1.165, 1.54) is 19.3 Å². The molecule has 5 heteroatoms. The summed E-state index contributed by atoms with van der Waals surface area (Å²) >= 11 is 0. The van der Waals surface area contributed by atoms with Gasteiger partial charge in [-0.2, -0.15) is 0 Å². The van der Waals surface area contributed by atoms with Crippen molar-refractivity contribution in [3.05, 3.63) is 66.1 Å². The Morgan fingerprint density at radius 1 is 1.11 bits per heavy atom. The van der Waals surface area contributed by atoms with Crippen LogP contribution in [-0.2, 0) is 11.3 Å². The molecule has 2 aliphatic rings. The second-order valence-corrected chi connectivity index (χ2v) is 7.35. The highest BCUT2D eigenvalue weighted by atomic mass is 16.5. The minimum absolute atomic E-state index is 0.138. The third-order valence-corrected chi connectivity index (χ3v) is 5.34. The molecule has 1 aliphatic carbocycles. The standard InChI is InChI=1S/C23H26N2O3/c1-27-19-13-11-17(12-14-19)15-25-16-22(28-21-10-6-5-9-20(21)25)23(26)24-18-7-3-2-4-8-18/h5-6,9-14,16,18H,2-4,7-8,15H2,1H3,(H,24,26). The number of methoxy groups -OCH3 is 1. The van der Waals surface area contributed by atoms with Crippen LogP contribution in [0.3, 0.4) is 0 Å². The van der Waals surface area contributed by atoms with E-state index >= 15 is 0 Å². The Balaban J connectivity index is 1.54. The van der Waals surface area contributed by atoms with Gasteiger partial charge < -0.3 is 19.7 Å². The van der Waals surface area contributed by atoms with Gasteiger partial charge in [0, 0.05) is 12.6 Å². The van der Waals surface area contributed by atoms with Crippen LogP contribution in [0.25, 0.3) is 0 Å². The van der Waals surface area contributed by atoms with E-state index in [1.54, 1.807) is 7.11 Å². The number of hydrogen-bond acceptors (Lipinski definition) is 4. The third kappa shape index (κ3) is 4.14. The molecule has 0 atom stereocenters. The molecule has 2 aromatic carbocycles. The van der Waals surface area contributed by atoms with Gasteiger partial charge in [-0.3, -0.25) is 4.79 Å². The summed E-state index contributed by atoms with van der Waals surface area (Å²) in [7, 11) is 1.66. The third-order valence-electron chi connectivity index (χ3n) is 5.34. The molecule has 1 amide bonds. The maximum atomic E-state index is 12.8. The summed E-state index contributed by atoms with van der Waals surface area (Å²) in [6.07, 6.45) is 7.52. The first kappa shape index (κ1) is 18.4. The maximum Gasteiger partial charge on any atom is 0.288 e. The van der Waals surface area contributed by atoms with E-state index in [9.17, 15) is 4.79 Å². The van der Waals surface area contributed by atoms with Crippen LogP contribution >= 0.6 is 0 Å². The number of fused-ring (bicyclic) bond motifs is 1. The van der Waals surface area contributed by atoms with Gasteiger partial charge in [0.05, 0.1) is 19.0 Å². The molecule has 28 heavy (non-hydrogen) atoms. The Hall–Kier alpha value is -2.95. The molecule has 1 heterocycles. The molecular formula is C23H26N2O3. The van der Waals surface area contributed by atoms with Crippen molar-refractivity contribution in [3.63, 3.8) is 0 Å². The predicted octanol–water partition coefficient (Wildman–Crippen LogP) is 4.38. The molecule has 0 spiro atoms. The Kier molecular flexibility index (Phi) is 5.51. The van der Waals surface area contributed by atoms with Gasteiger partial charge in [-0.05, 0) is 42.7 Å². The number of rotatable bonds is 5. The van der Waals surface area contributed by atoms with Gasteiger partial charge in [0.15, 0.2) is 5.75 Å². The van der Waals surface area contributed by atoms with Crippen molar-refractivity contribution < 1.29 is 14.3 Å². The zero-order valence-electron chi connectivity index (χ0n) is 16.2. The van der Waals surface area contributed by atoms with Gasteiger partial charge in [0.25, 0.3) is 5.91 Å². The van der Waals surface area contributed by atoms with E-state index in [0.29, 0.717) is 18.1 Å². The molecule has 0 bridgehead atoms. The van der Waals surface area contributed by atoms with Crippen LogP contribution in [0.1, 0.15) is 37.7 Å². The number of benzene rings is 2. The van der Waals surface area contributed by atoms with Crippen molar-refractivity contribution in [3.8, 4) is 11.5 Å². The van der Waals surface area contributed by atoms with Gasteiger partial charge in [0.2, 0.25) is 5.76 Å². The van der Waals surface area contributed by atoms with Crippen molar-refractivity contribution in [2.24, 2.45) is 0 Å². The van der Waals surface area contributed by atoms with Gasteiger partial charge in [0.1, 0.15) is 5.75 Å². The molecule has 1 N–H and O–H groups in total. The Labute approximate surface area is 165 Å². The van der Waals surface area contributed by atoms with Crippen molar-refractivity contribution >= 4 is 11.6 Å². The lowest BCUT2D eigenvalue weighted by atomic mass is 9.95. The van der Waals surface area contributed by atoms with E-state index in [4.69, 9.17) is 9.47 Å². The van der Waals surface area contributed by atoms with Crippen molar-refractivity contribution in [1.29, 1.82) is 0 Å². The lowest BCUT2D eigenvalue weighted by Gasteiger charge is -2.30. The van der Waals surface area contributed by atoms with E-state index in [0.717, 1.165) is 29.8 Å². The molecule has 0 saturated heterocycles. The Morgan fingerprint density at radius 3 is 2.61 bits per heavy atom. The van der Waals surface area contributed by atoms with Gasteiger partial charge >= 0.3 is 0 Å². The first-order valence-electron chi connectivity index (χ1n) is 9.92. The Bertz CT molecular complexity index is 854. The fraction of sp³-hybridized carbons (Fsp3) is 0.348. The Morgan fingerprint density at radius 2 is 1.86 bits per heavy atom. The van der Waals surface area contributed by atoms with Gasteiger partial charge in [-0.1, -0.05) is 43.5 Å². The topological polar surface area (TPSA) is 50.8 Å². The first-order valence-corrected chi connectivity index (χ1v) is 9.92. The molecule has 2 aromatic rings. The molecule has 0 unspecified atom stereocenters. The quantitative estimate of drug-likeness (QED) is 0.839. The van der Waals surface area contributed by atoms with Crippen LogP contribution in [0.4, 0.5) is 5.69 Å². The summed E-state index contributed by atoms with van der Waals surface area (Å²) in [6, 6.07) is 16.0. The number of nitrogens with one attached hydrogen (secondary N) is 1. The van der Waals surface area contributed by atoms with Crippen molar-refractivity contribution in [2.75, 3.05) is 12.0 Å². The molecule has 4 rings (SSSR count). The zero-order chi connectivity index (χ0) is 19.3. The normalized spacial score (nSPS) is 16.6. The molecule has 0 radical (unpaired) electrons. The average Bonchev–Trinajstić information content (AvgIpc) is 2.75. The molecular weight excluding hydrogens is 352 g/mol. The smallest absolute Gasteiger partial charge is 0.288 e. The first-order chi connectivity index (χ1) is 13.7. The van der Waals surface area contributed by atoms with Crippen LogP contribution in [0.15, 0.2) is 60.5 Å². The number of hydrogen-bond donors (Lipinski definition) is 1. The highest BCUT2D eigenvalue weighted by molar-refractivity contribution is 5.93. The summed E-state index contributed by atoms with van der Waals surface area (Å²) in [5, 5.41) is 3.14.